The number of hydrogen-bond donors (Lipinski definition) is 1. The van der Waals surface area contributed by atoms with Crippen molar-refractivity contribution < 1.29 is 19.1 Å². The third-order valence-corrected chi connectivity index (χ3v) is 4.05. The number of amides is 1. The van der Waals surface area contributed by atoms with Crippen molar-refractivity contribution in [2.45, 2.75) is 39.2 Å². The second-order valence-corrected chi connectivity index (χ2v) is 6.77. The van der Waals surface area contributed by atoms with E-state index < -0.39 is 0 Å². The van der Waals surface area contributed by atoms with Crippen molar-refractivity contribution >= 4 is 11.9 Å². The summed E-state index contributed by atoms with van der Waals surface area (Å²) >= 11 is 0. The minimum absolute atomic E-state index is 0.0528. The monoisotopic (exact) mass is 337 g/mol. The highest BCUT2D eigenvalue weighted by Gasteiger charge is 2.23. The molecule has 0 saturated carbocycles. The summed E-state index contributed by atoms with van der Waals surface area (Å²) < 4.78 is 12.3. The standard InChI is InChI=1S/C17H27N3O4/c1-12(2)6-13(7-16(21)24-14-4-5-23-10-14)8-19-17(22)15-9-18-11-20(15)3/h9,11-14H,4-8,10H2,1-3H3,(H,19,22)/t13-,14?/m0/s1. The molecule has 0 aliphatic carbocycles. The Kier molecular flexibility index (Phi) is 6.78. The van der Waals surface area contributed by atoms with Crippen LogP contribution in [0.25, 0.3) is 0 Å². The number of nitrogens with zero attached hydrogens (tertiary/aromatic N) is 2. The fourth-order valence-corrected chi connectivity index (χ4v) is 2.88. The molecule has 7 nitrogen and oxygen atoms in total. The number of ether oxygens (including phenoxy) is 2. The number of rotatable bonds is 8. The highest BCUT2D eigenvalue weighted by molar-refractivity contribution is 5.92. The van der Waals surface area contributed by atoms with Gasteiger partial charge in [-0.1, -0.05) is 13.8 Å². The van der Waals surface area contributed by atoms with Gasteiger partial charge in [0.15, 0.2) is 0 Å². The number of carbonyl (C=O) groups is 2. The van der Waals surface area contributed by atoms with Crippen molar-refractivity contribution in [2.75, 3.05) is 19.8 Å². The molecule has 1 aliphatic rings. The zero-order valence-corrected chi connectivity index (χ0v) is 14.7. The average molecular weight is 337 g/mol. The quantitative estimate of drug-likeness (QED) is 0.728. The van der Waals surface area contributed by atoms with E-state index in [1.54, 1.807) is 17.9 Å². The SMILES string of the molecule is CC(C)C[C@H](CNC(=O)c1cncn1C)CC(=O)OC1CCOC1. The minimum atomic E-state index is -0.217. The van der Waals surface area contributed by atoms with Crippen molar-refractivity contribution in [1.29, 1.82) is 0 Å². The maximum atomic E-state index is 12.2. The molecule has 1 aliphatic heterocycles. The van der Waals surface area contributed by atoms with E-state index in [0.717, 1.165) is 12.8 Å². The molecule has 1 aromatic rings. The third-order valence-electron chi connectivity index (χ3n) is 4.05. The summed E-state index contributed by atoms with van der Waals surface area (Å²) in [5.74, 6) is 0.0930. The molecular weight excluding hydrogens is 310 g/mol. The third kappa shape index (κ3) is 5.63. The Morgan fingerprint density at radius 2 is 2.29 bits per heavy atom. The van der Waals surface area contributed by atoms with Crippen LogP contribution in [-0.4, -0.2) is 47.3 Å². The molecule has 1 N–H and O–H groups in total. The molecule has 1 fully saturated rings. The van der Waals surface area contributed by atoms with Gasteiger partial charge in [0.05, 0.1) is 32.2 Å². The first kappa shape index (κ1) is 18.4. The van der Waals surface area contributed by atoms with Crippen LogP contribution in [0.15, 0.2) is 12.5 Å². The summed E-state index contributed by atoms with van der Waals surface area (Å²) in [6.45, 7) is 5.78. The minimum Gasteiger partial charge on any atom is -0.460 e. The molecule has 1 saturated heterocycles. The molecule has 2 atom stereocenters. The summed E-state index contributed by atoms with van der Waals surface area (Å²) in [5, 5.41) is 2.90. The fraction of sp³-hybridized carbons (Fsp3) is 0.706. The van der Waals surface area contributed by atoms with Gasteiger partial charge >= 0.3 is 5.97 Å². The number of carbonyl (C=O) groups excluding carboxylic acids is 2. The highest BCUT2D eigenvalue weighted by Crippen LogP contribution is 2.17. The van der Waals surface area contributed by atoms with Crippen molar-refractivity contribution in [1.82, 2.24) is 14.9 Å². The molecule has 0 bridgehead atoms. The molecule has 1 amide bonds. The van der Waals surface area contributed by atoms with Crippen LogP contribution in [0.5, 0.6) is 0 Å². The Labute approximate surface area is 142 Å². The molecule has 1 unspecified atom stereocenters. The van der Waals surface area contributed by atoms with E-state index in [4.69, 9.17) is 9.47 Å². The molecule has 2 rings (SSSR count). The van der Waals surface area contributed by atoms with Gasteiger partial charge in [-0.2, -0.15) is 0 Å². The van der Waals surface area contributed by atoms with Crippen molar-refractivity contribution in [3.8, 4) is 0 Å². The Bertz CT molecular complexity index is 550. The van der Waals surface area contributed by atoms with Gasteiger partial charge in [0.2, 0.25) is 0 Å². The van der Waals surface area contributed by atoms with Crippen molar-refractivity contribution in [3.05, 3.63) is 18.2 Å². The largest absolute Gasteiger partial charge is 0.460 e. The molecule has 134 valence electrons. The first-order valence-corrected chi connectivity index (χ1v) is 8.47. The van der Waals surface area contributed by atoms with Crippen LogP contribution in [0, 0.1) is 11.8 Å². The number of nitrogens with one attached hydrogen (secondary N) is 1. The van der Waals surface area contributed by atoms with E-state index in [9.17, 15) is 9.59 Å². The van der Waals surface area contributed by atoms with E-state index >= 15 is 0 Å². The van der Waals surface area contributed by atoms with Gasteiger partial charge in [-0.25, -0.2) is 4.98 Å². The lowest BCUT2D eigenvalue weighted by Gasteiger charge is -2.20. The van der Waals surface area contributed by atoms with Crippen LogP contribution in [0.2, 0.25) is 0 Å². The Hall–Kier alpha value is -1.89. The lowest BCUT2D eigenvalue weighted by Crippen LogP contribution is -2.32. The molecule has 0 aromatic carbocycles. The highest BCUT2D eigenvalue weighted by atomic mass is 16.6. The van der Waals surface area contributed by atoms with Gasteiger partial charge in [0.1, 0.15) is 11.8 Å². The Balaban J connectivity index is 1.84. The Morgan fingerprint density at radius 3 is 2.88 bits per heavy atom. The molecule has 0 radical (unpaired) electrons. The van der Waals surface area contributed by atoms with Gasteiger partial charge in [-0.15, -0.1) is 0 Å². The number of aryl methyl sites for hydroxylation is 1. The number of aromatic nitrogens is 2. The van der Waals surface area contributed by atoms with E-state index in [1.165, 1.54) is 6.20 Å². The predicted molar refractivity (Wildman–Crippen MR) is 88.4 cm³/mol. The van der Waals surface area contributed by atoms with Crippen LogP contribution >= 0.6 is 0 Å². The molecule has 7 heteroatoms. The summed E-state index contributed by atoms with van der Waals surface area (Å²) in [7, 11) is 1.77. The van der Waals surface area contributed by atoms with E-state index in [0.29, 0.717) is 37.8 Å². The maximum absolute atomic E-state index is 12.2. The van der Waals surface area contributed by atoms with Crippen LogP contribution in [0.3, 0.4) is 0 Å². The fourth-order valence-electron chi connectivity index (χ4n) is 2.88. The van der Waals surface area contributed by atoms with Crippen LogP contribution < -0.4 is 5.32 Å². The lowest BCUT2D eigenvalue weighted by atomic mass is 9.94. The summed E-state index contributed by atoms with van der Waals surface area (Å²) in [5.41, 5.74) is 0.504. The second-order valence-electron chi connectivity index (χ2n) is 6.77. The molecule has 2 heterocycles. The summed E-state index contributed by atoms with van der Waals surface area (Å²) in [4.78, 5) is 28.2. The molecular formula is C17H27N3O4. The van der Waals surface area contributed by atoms with Gasteiger partial charge in [0, 0.05) is 20.0 Å². The maximum Gasteiger partial charge on any atom is 0.306 e. The van der Waals surface area contributed by atoms with E-state index in [1.807, 2.05) is 0 Å². The zero-order chi connectivity index (χ0) is 17.5. The van der Waals surface area contributed by atoms with Crippen molar-refractivity contribution in [2.24, 2.45) is 18.9 Å². The van der Waals surface area contributed by atoms with Gasteiger partial charge in [-0.05, 0) is 18.3 Å². The van der Waals surface area contributed by atoms with Gasteiger partial charge in [0.25, 0.3) is 5.91 Å². The van der Waals surface area contributed by atoms with Crippen LogP contribution in [0.4, 0.5) is 0 Å². The topological polar surface area (TPSA) is 82.5 Å². The van der Waals surface area contributed by atoms with E-state index in [2.05, 4.69) is 24.1 Å². The second kappa shape index (κ2) is 8.82. The summed E-state index contributed by atoms with van der Waals surface area (Å²) in [6.07, 6.45) is 4.91. The number of hydrogen-bond acceptors (Lipinski definition) is 5. The number of imidazole rings is 1. The van der Waals surface area contributed by atoms with Crippen molar-refractivity contribution in [3.63, 3.8) is 0 Å². The number of esters is 1. The van der Waals surface area contributed by atoms with Crippen LogP contribution in [0.1, 0.15) is 43.6 Å². The van der Waals surface area contributed by atoms with Gasteiger partial charge in [-0.3, -0.25) is 9.59 Å². The first-order valence-electron chi connectivity index (χ1n) is 8.47. The zero-order valence-electron chi connectivity index (χ0n) is 14.7. The molecule has 1 aromatic heterocycles. The molecule has 0 spiro atoms. The lowest BCUT2D eigenvalue weighted by molar-refractivity contribution is -0.150. The summed E-state index contributed by atoms with van der Waals surface area (Å²) in [6, 6.07) is 0. The predicted octanol–water partition coefficient (Wildman–Crippen LogP) is 1.53. The normalized spacial score (nSPS) is 18.6. The van der Waals surface area contributed by atoms with Crippen LogP contribution in [-0.2, 0) is 21.3 Å². The Morgan fingerprint density at radius 1 is 1.50 bits per heavy atom. The van der Waals surface area contributed by atoms with E-state index in [-0.39, 0.29) is 23.9 Å². The average Bonchev–Trinajstić information content (AvgIpc) is 3.15. The van der Waals surface area contributed by atoms with Gasteiger partial charge < -0.3 is 19.4 Å². The molecule has 24 heavy (non-hydrogen) atoms. The smallest absolute Gasteiger partial charge is 0.306 e. The first-order chi connectivity index (χ1) is 11.5.